The van der Waals surface area contributed by atoms with Crippen molar-refractivity contribution in [1.82, 2.24) is 15.1 Å². The number of nitrogens with two attached hydrogens (primary N) is 1. The summed E-state index contributed by atoms with van der Waals surface area (Å²) < 4.78 is 39.3. The summed E-state index contributed by atoms with van der Waals surface area (Å²) in [6.45, 7) is 0.970. The number of carboxylic acid groups (broad SMARTS) is 1. The third-order valence-electron chi connectivity index (χ3n) is 3.57. The van der Waals surface area contributed by atoms with E-state index in [1.807, 2.05) is 0 Å². The van der Waals surface area contributed by atoms with Crippen LogP contribution >= 0.6 is 0 Å². The molecule has 0 bridgehead atoms. The summed E-state index contributed by atoms with van der Waals surface area (Å²) in [7, 11) is 0. The Bertz CT molecular complexity index is 821. The second-order valence-corrected chi connectivity index (χ2v) is 5.24. The second-order valence-electron chi connectivity index (χ2n) is 5.24. The fourth-order valence-electron chi connectivity index (χ4n) is 2.15. The Morgan fingerprint density at radius 3 is 2.52 bits per heavy atom. The molecule has 132 valence electrons. The number of carbonyl (C=O) groups is 1. The van der Waals surface area contributed by atoms with E-state index in [9.17, 15) is 23.2 Å². The molecule has 0 saturated carbocycles. The van der Waals surface area contributed by atoms with E-state index in [4.69, 9.17) is 10.8 Å². The average molecular weight is 353 g/mol. The quantitative estimate of drug-likeness (QED) is 0.781. The summed E-state index contributed by atoms with van der Waals surface area (Å²) in [5.74, 6) is -0.362. The van der Waals surface area contributed by atoms with Gasteiger partial charge in [0.25, 0.3) is 0 Å². The predicted octanol–water partition coefficient (Wildman–Crippen LogP) is 2.89. The number of hydrogen-bond acceptors (Lipinski definition) is 4. The summed E-state index contributed by atoms with van der Waals surface area (Å²) in [6, 6.07) is 6.02. The van der Waals surface area contributed by atoms with Gasteiger partial charge in [-0.1, -0.05) is 24.3 Å². The van der Waals surface area contributed by atoms with Crippen molar-refractivity contribution in [2.75, 3.05) is 5.73 Å². The fourth-order valence-corrected chi connectivity index (χ4v) is 2.15. The van der Waals surface area contributed by atoms with Gasteiger partial charge in [-0.15, -0.1) is 0 Å². The highest BCUT2D eigenvalue weighted by molar-refractivity contribution is 5.73. The van der Waals surface area contributed by atoms with Gasteiger partial charge in [-0.05, 0) is 12.5 Å². The van der Waals surface area contributed by atoms with E-state index in [1.165, 1.54) is 12.1 Å². The first-order valence-corrected chi connectivity index (χ1v) is 7.06. The summed E-state index contributed by atoms with van der Waals surface area (Å²) in [5, 5.41) is 23.8. The van der Waals surface area contributed by atoms with Gasteiger partial charge in [0, 0.05) is 12.1 Å². The average Bonchev–Trinajstić information content (AvgIpc) is 2.88. The molecule has 0 spiro atoms. The SMILES string of the molecule is CC(n1nc(-c2ccc(CNC(=O)O)cc2)c(C#N)c1N)C(F)(F)F. The molecule has 1 aromatic heterocycles. The van der Waals surface area contributed by atoms with Crippen molar-refractivity contribution in [3.63, 3.8) is 0 Å². The van der Waals surface area contributed by atoms with E-state index < -0.39 is 18.3 Å². The zero-order chi connectivity index (χ0) is 18.8. The predicted molar refractivity (Wildman–Crippen MR) is 82.4 cm³/mol. The molecule has 0 radical (unpaired) electrons. The minimum absolute atomic E-state index is 0.0360. The molecule has 0 aliphatic rings. The first-order valence-electron chi connectivity index (χ1n) is 7.06. The molecule has 0 fully saturated rings. The molecule has 1 atom stereocenters. The highest BCUT2D eigenvalue weighted by atomic mass is 19.4. The maximum Gasteiger partial charge on any atom is 0.410 e. The molecule has 7 nitrogen and oxygen atoms in total. The minimum atomic E-state index is -4.56. The number of amides is 1. The van der Waals surface area contributed by atoms with Gasteiger partial charge >= 0.3 is 12.3 Å². The van der Waals surface area contributed by atoms with E-state index in [-0.39, 0.29) is 23.6 Å². The molecule has 1 aromatic carbocycles. The van der Waals surface area contributed by atoms with Gasteiger partial charge in [0.15, 0.2) is 0 Å². The minimum Gasteiger partial charge on any atom is -0.465 e. The zero-order valence-corrected chi connectivity index (χ0v) is 13.0. The van der Waals surface area contributed by atoms with Crippen LogP contribution in [0, 0.1) is 11.3 Å². The molecule has 0 aliphatic heterocycles. The molecular weight excluding hydrogens is 339 g/mol. The molecule has 1 unspecified atom stereocenters. The van der Waals surface area contributed by atoms with Crippen LogP contribution in [0.2, 0.25) is 0 Å². The third kappa shape index (κ3) is 3.82. The van der Waals surface area contributed by atoms with Crippen LogP contribution in [0.3, 0.4) is 0 Å². The Morgan fingerprint density at radius 1 is 1.44 bits per heavy atom. The van der Waals surface area contributed by atoms with Crippen LogP contribution in [-0.4, -0.2) is 27.2 Å². The smallest absolute Gasteiger partial charge is 0.410 e. The summed E-state index contributed by atoms with van der Waals surface area (Å²) >= 11 is 0. The molecule has 1 amide bonds. The molecular formula is C15H14F3N5O2. The highest BCUT2D eigenvalue weighted by Gasteiger charge is 2.40. The number of anilines is 1. The van der Waals surface area contributed by atoms with Crippen molar-refractivity contribution in [3.05, 3.63) is 35.4 Å². The van der Waals surface area contributed by atoms with Crippen LogP contribution in [-0.2, 0) is 6.54 Å². The van der Waals surface area contributed by atoms with Crippen molar-refractivity contribution >= 4 is 11.9 Å². The topological polar surface area (TPSA) is 117 Å². The van der Waals surface area contributed by atoms with Gasteiger partial charge < -0.3 is 16.2 Å². The molecule has 0 aliphatic carbocycles. The van der Waals surface area contributed by atoms with Gasteiger partial charge in [0.1, 0.15) is 29.2 Å². The summed E-state index contributed by atoms with van der Waals surface area (Å²) in [5.41, 5.74) is 6.59. The number of alkyl halides is 3. The van der Waals surface area contributed by atoms with Crippen LogP contribution in [0.1, 0.15) is 24.1 Å². The third-order valence-corrected chi connectivity index (χ3v) is 3.57. The Hall–Kier alpha value is -3.22. The highest BCUT2D eigenvalue weighted by Crippen LogP contribution is 2.35. The Morgan fingerprint density at radius 2 is 2.04 bits per heavy atom. The van der Waals surface area contributed by atoms with Crippen LogP contribution in [0.5, 0.6) is 0 Å². The number of rotatable bonds is 4. The van der Waals surface area contributed by atoms with Crippen LogP contribution in [0.25, 0.3) is 11.3 Å². The van der Waals surface area contributed by atoms with Crippen molar-refractivity contribution in [3.8, 4) is 17.3 Å². The molecule has 2 aromatic rings. The van der Waals surface area contributed by atoms with Gasteiger partial charge in [0.05, 0.1) is 0 Å². The molecule has 4 N–H and O–H groups in total. The van der Waals surface area contributed by atoms with E-state index in [1.54, 1.807) is 18.2 Å². The van der Waals surface area contributed by atoms with Crippen LogP contribution < -0.4 is 11.1 Å². The molecule has 25 heavy (non-hydrogen) atoms. The number of hydrogen-bond donors (Lipinski definition) is 3. The van der Waals surface area contributed by atoms with Gasteiger partial charge in [-0.25, -0.2) is 9.48 Å². The number of nitriles is 1. The van der Waals surface area contributed by atoms with E-state index in [2.05, 4.69) is 10.4 Å². The van der Waals surface area contributed by atoms with Crippen LogP contribution in [0.15, 0.2) is 24.3 Å². The molecule has 10 heteroatoms. The number of nitrogen functional groups attached to an aromatic ring is 1. The van der Waals surface area contributed by atoms with Crippen LogP contribution in [0.4, 0.5) is 23.8 Å². The van der Waals surface area contributed by atoms with Crippen molar-refractivity contribution in [2.45, 2.75) is 25.7 Å². The lowest BCUT2D eigenvalue weighted by Gasteiger charge is -2.17. The van der Waals surface area contributed by atoms with E-state index in [0.717, 1.165) is 6.92 Å². The zero-order valence-electron chi connectivity index (χ0n) is 13.0. The largest absolute Gasteiger partial charge is 0.465 e. The maximum absolute atomic E-state index is 12.9. The standard InChI is InChI=1S/C15H14F3N5O2/c1-8(15(16,17)18)23-13(20)11(6-19)12(22-23)10-4-2-9(3-5-10)7-21-14(24)25/h2-5,8,21H,7,20H2,1H3,(H,24,25). The number of nitrogens with one attached hydrogen (secondary N) is 1. The van der Waals surface area contributed by atoms with Gasteiger partial charge in [-0.3, -0.25) is 0 Å². The first kappa shape index (κ1) is 18.1. The lowest BCUT2D eigenvalue weighted by atomic mass is 10.1. The van der Waals surface area contributed by atoms with Gasteiger partial charge in [0.2, 0.25) is 0 Å². The Kier molecular flexibility index (Phi) is 4.87. The lowest BCUT2D eigenvalue weighted by Crippen LogP contribution is -2.25. The van der Waals surface area contributed by atoms with Crippen molar-refractivity contribution < 1.29 is 23.1 Å². The number of benzene rings is 1. The summed E-state index contributed by atoms with van der Waals surface area (Å²) in [6.07, 6.45) is -5.74. The normalized spacial score (nSPS) is 12.4. The molecule has 0 saturated heterocycles. The number of aromatic nitrogens is 2. The Balaban J connectivity index is 2.39. The van der Waals surface area contributed by atoms with E-state index in [0.29, 0.717) is 15.8 Å². The second kappa shape index (κ2) is 6.72. The summed E-state index contributed by atoms with van der Waals surface area (Å²) in [4.78, 5) is 10.5. The maximum atomic E-state index is 12.9. The van der Waals surface area contributed by atoms with Gasteiger partial charge in [-0.2, -0.15) is 23.5 Å². The first-order chi connectivity index (χ1) is 11.6. The molecule has 1 heterocycles. The lowest BCUT2D eigenvalue weighted by molar-refractivity contribution is -0.164. The number of halogens is 3. The monoisotopic (exact) mass is 353 g/mol. The van der Waals surface area contributed by atoms with Crippen molar-refractivity contribution in [2.24, 2.45) is 0 Å². The van der Waals surface area contributed by atoms with Crippen molar-refractivity contribution in [1.29, 1.82) is 5.26 Å². The number of nitrogens with zero attached hydrogens (tertiary/aromatic N) is 3. The fraction of sp³-hybridized carbons (Fsp3) is 0.267. The molecule has 2 rings (SSSR count). The Labute approximate surface area is 140 Å². The van der Waals surface area contributed by atoms with E-state index >= 15 is 0 Å².